The minimum absolute atomic E-state index is 0.155. The van der Waals surface area contributed by atoms with E-state index in [2.05, 4.69) is 10.1 Å². The maximum Gasteiger partial charge on any atom is 0.433 e. The second-order valence-electron chi connectivity index (χ2n) is 10.5. The van der Waals surface area contributed by atoms with E-state index in [-0.39, 0.29) is 23.1 Å². The van der Waals surface area contributed by atoms with Gasteiger partial charge < -0.3 is 10.2 Å². The minimum Gasteiger partial charge on any atom is -0.343 e. The van der Waals surface area contributed by atoms with Gasteiger partial charge in [-0.25, -0.2) is 4.98 Å². The predicted octanol–water partition coefficient (Wildman–Crippen LogP) is 6.27. The summed E-state index contributed by atoms with van der Waals surface area (Å²) in [5, 5.41) is 7.14. The van der Waals surface area contributed by atoms with Crippen LogP contribution in [-0.2, 0) is 12.7 Å². The van der Waals surface area contributed by atoms with Crippen molar-refractivity contribution in [1.82, 2.24) is 25.0 Å². The Morgan fingerprint density at radius 3 is 2.30 bits per heavy atom. The normalized spacial score (nSPS) is 14.7. The summed E-state index contributed by atoms with van der Waals surface area (Å²) in [4.78, 5) is 30.8. The molecule has 1 saturated heterocycles. The molecule has 1 fully saturated rings. The lowest BCUT2D eigenvalue weighted by molar-refractivity contribution is -0.141. The van der Waals surface area contributed by atoms with Gasteiger partial charge in [0.15, 0.2) is 0 Å². The van der Waals surface area contributed by atoms with Gasteiger partial charge in [0.1, 0.15) is 12.2 Å². The number of alkyl halides is 6. The number of carbonyl (C=O) groups excluding carboxylic acids is 2. The molecule has 2 amide bonds. The van der Waals surface area contributed by atoms with Gasteiger partial charge in [-0.15, -0.1) is 0 Å². The summed E-state index contributed by atoms with van der Waals surface area (Å²) in [5.74, 6) is -0.746. The van der Waals surface area contributed by atoms with E-state index in [1.54, 1.807) is 53.0 Å². The highest BCUT2D eigenvalue weighted by Crippen LogP contribution is 2.30. The topological polar surface area (TPSA) is 80.1 Å². The van der Waals surface area contributed by atoms with Crippen LogP contribution in [0.15, 0.2) is 60.8 Å². The van der Waals surface area contributed by atoms with Crippen LogP contribution in [0.4, 0.5) is 26.3 Å². The number of benzene rings is 2. The summed E-state index contributed by atoms with van der Waals surface area (Å²) in [6.45, 7) is 1.87. The number of halogens is 6. The number of rotatable bonds is 6. The smallest absolute Gasteiger partial charge is 0.343 e. The van der Waals surface area contributed by atoms with Crippen molar-refractivity contribution >= 4 is 22.7 Å². The Labute approximate surface area is 242 Å². The van der Waals surface area contributed by atoms with Crippen LogP contribution in [0.25, 0.3) is 22.2 Å². The summed E-state index contributed by atoms with van der Waals surface area (Å²) in [5.41, 5.74) is 1.40. The summed E-state index contributed by atoms with van der Waals surface area (Å²) >= 11 is 0. The Balaban J connectivity index is 1.18. The Kier molecular flexibility index (Phi) is 8.17. The number of hydrogen-bond acceptors (Lipinski definition) is 4. The molecule has 0 unspecified atom stereocenters. The van der Waals surface area contributed by atoms with Crippen LogP contribution in [0, 0.1) is 12.8 Å². The first kappa shape index (κ1) is 30.1. The van der Waals surface area contributed by atoms with Crippen molar-refractivity contribution in [1.29, 1.82) is 0 Å². The molecule has 0 atom stereocenters. The van der Waals surface area contributed by atoms with Crippen molar-refractivity contribution in [3.63, 3.8) is 0 Å². The van der Waals surface area contributed by atoms with Crippen LogP contribution >= 0.6 is 0 Å². The fourth-order valence-electron chi connectivity index (χ4n) is 5.20. The first-order chi connectivity index (χ1) is 20.3. The second kappa shape index (κ2) is 11.7. The SMILES string of the molecule is Cc1c(C(=O)NCC(F)(F)F)ccc2nn(CC3CCN(C(=O)c4ccc(-c5cccc(C(F)(F)F)n5)cc4)CC3)cc12. The fraction of sp³-hybridized carbons (Fsp3) is 0.333. The van der Waals surface area contributed by atoms with Crippen LogP contribution in [0.5, 0.6) is 0 Å². The Hall–Kier alpha value is -4.42. The molecule has 2 aromatic heterocycles. The molecule has 0 spiro atoms. The largest absolute Gasteiger partial charge is 0.433 e. The third-order valence-corrected chi connectivity index (χ3v) is 7.51. The fourth-order valence-corrected chi connectivity index (χ4v) is 5.20. The average molecular weight is 604 g/mol. The summed E-state index contributed by atoms with van der Waals surface area (Å²) < 4.78 is 78.3. The number of aromatic nitrogens is 3. The van der Waals surface area contributed by atoms with Gasteiger partial charge in [-0.1, -0.05) is 18.2 Å². The maximum absolute atomic E-state index is 13.1. The molecule has 226 valence electrons. The van der Waals surface area contributed by atoms with Gasteiger partial charge in [0.25, 0.3) is 11.8 Å². The van der Waals surface area contributed by atoms with E-state index in [0.717, 1.165) is 18.9 Å². The number of nitrogens with one attached hydrogen (secondary N) is 1. The van der Waals surface area contributed by atoms with Crippen LogP contribution in [0.1, 0.15) is 44.8 Å². The third-order valence-electron chi connectivity index (χ3n) is 7.51. The zero-order valence-corrected chi connectivity index (χ0v) is 23.0. The average Bonchev–Trinajstić information content (AvgIpc) is 3.39. The Bertz CT molecular complexity index is 1640. The van der Waals surface area contributed by atoms with E-state index >= 15 is 0 Å². The molecule has 3 heterocycles. The third kappa shape index (κ3) is 6.98. The molecule has 1 aliphatic heterocycles. The highest BCUT2D eigenvalue weighted by Gasteiger charge is 2.32. The minimum atomic E-state index is -4.55. The molecule has 0 aliphatic carbocycles. The number of hydrogen-bond donors (Lipinski definition) is 1. The van der Waals surface area contributed by atoms with E-state index in [1.165, 1.54) is 18.2 Å². The molecule has 43 heavy (non-hydrogen) atoms. The summed E-state index contributed by atoms with van der Waals surface area (Å²) in [6.07, 6.45) is -5.83. The Morgan fingerprint density at radius 2 is 1.65 bits per heavy atom. The monoisotopic (exact) mass is 603 g/mol. The first-order valence-corrected chi connectivity index (χ1v) is 13.5. The maximum atomic E-state index is 13.1. The van der Waals surface area contributed by atoms with Gasteiger partial charge >= 0.3 is 12.4 Å². The van der Waals surface area contributed by atoms with Crippen molar-refractivity contribution in [2.75, 3.05) is 19.6 Å². The van der Waals surface area contributed by atoms with Crippen molar-refractivity contribution in [2.24, 2.45) is 5.92 Å². The van der Waals surface area contributed by atoms with E-state index in [9.17, 15) is 35.9 Å². The van der Waals surface area contributed by atoms with E-state index in [1.807, 2.05) is 5.32 Å². The molecule has 0 radical (unpaired) electrons. The quantitative estimate of drug-likeness (QED) is 0.264. The van der Waals surface area contributed by atoms with Gasteiger partial charge in [-0.05, 0) is 67.6 Å². The van der Waals surface area contributed by atoms with Crippen molar-refractivity contribution < 1.29 is 35.9 Å². The zero-order chi connectivity index (χ0) is 30.9. The molecular formula is C30H27F6N5O2. The van der Waals surface area contributed by atoms with Gasteiger partial charge in [0.05, 0.1) is 11.2 Å². The molecule has 1 aliphatic rings. The lowest BCUT2D eigenvalue weighted by Gasteiger charge is -2.32. The van der Waals surface area contributed by atoms with Crippen molar-refractivity contribution in [2.45, 2.75) is 38.7 Å². The van der Waals surface area contributed by atoms with Crippen LogP contribution in [0.2, 0.25) is 0 Å². The number of nitrogens with zero attached hydrogens (tertiary/aromatic N) is 4. The van der Waals surface area contributed by atoms with Crippen molar-refractivity contribution in [3.05, 3.63) is 83.2 Å². The molecule has 13 heteroatoms. The lowest BCUT2D eigenvalue weighted by atomic mass is 9.96. The Morgan fingerprint density at radius 1 is 0.953 bits per heavy atom. The van der Waals surface area contributed by atoms with E-state index < -0.39 is 30.5 Å². The van der Waals surface area contributed by atoms with Gasteiger partial charge in [0, 0.05) is 47.9 Å². The van der Waals surface area contributed by atoms with Gasteiger partial charge in [0.2, 0.25) is 0 Å². The molecule has 2 aromatic carbocycles. The van der Waals surface area contributed by atoms with Crippen LogP contribution in [-0.4, -0.2) is 57.3 Å². The summed E-state index contributed by atoms with van der Waals surface area (Å²) in [7, 11) is 0. The predicted molar refractivity (Wildman–Crippen MR) is 146 cm³/mol. The number of amides is 2. The van der Waals surface area contributed by atoms with Crippen LogP contribution in [0.3, 0.4) is 0 Å². The second-order valence-corrected chi connectivity index (χ2v) is 10.5. The molecule has 1 N–H and O–H groups in total. The number of aryl methyl sites for hydroxylation is 1. The summed E-state index contributed by atoms with van der Waals surface area (Å²) in [6, 6.07) is 13.1. The van der Waals surface area contributed by atoms with Crippen molar-refractivity contribution in [3.8, 4) is 11.3 Å². The molecule has 0 bridgehead atoms. The van der Waals surface area contributed by atoms with Gasteiger partial charge in [-0.3, -0.25) is 14.3 Å². The molecule has 5 rings (SSSR count). The standard InChI is InChI=1S/C30H27F6N5O2/c1-18-22(27(42)37-17-29(31,32)33)9-10-25-23(18)16-41(39-25)15-19-11-13-40(14-12-19)28(43)21-7-5-20(6-8-21)24-3-2-4-26(38-24)30(34,35)36/h2-10,16,19H,11-15,17H2,1H3,(H,37,42). The van der Waals surface area contributed by atoms with Crippen LogP contribution < -0.4 is 5.32 Å². The molecule has 7 nitrogen and oxygen atoms in total. The van der Waals surface area contributed by atoms with E-state index in [0.29, 0.717) is 47.2 Å². The molecular weight excluding hydrogens is 576 g/mol. The molecule has 0 saturated carbocycles. The van der Waals surface area contributed by atoms with E-state index in [4.69, 9.17) is 0 Å². The van der Waals surface area contributed by atoms with Gasteiger partial charge in [-0.2, -0.15) is 31.4 Å². The number of piperidine rings is 1. The number of fused-ring (bicyclic) bond motifs is 1. The zero-order valence-electron chi connectivity index (χ0n) is 23.0. The first-order valence-electron chi connectivity index (χ1n) is 13.5. The lowest BCUT2D eigenvalue weighted by Crippen LogP contribution is -2.39. The number of likely N-dealkylation sites (tertiary alicyclic amines) is 1. The molecule has 4 aromatic rings. The number of carbonyl (C=O) groups is 2. The highest BCUT2D eigenvalue weighted by molar-refractivity contribution is 6.00. The number of pyridine rings is 1. The highest BCUT2D eigenvalue weighted by atomic mass is 19.4.